The molecule has 0 aliphatic heterocycles. The monoisotopic (exact) mass is 232 g/mol. The van der Waals surface area contributed by atoms with Crippen LogP contribution >= 0.6 is 0 Å². The van der Waals surface area contributed by atoms with Crippen LogP contribution in [0.25, 0.3) is 10.9 Å². The van der Waals surface area contributed by atoms with Crippen molar-refractivity contribution >= 4 is 10.9 Å². The second-order valence-corrected chi connectivity index (χ2v) is 4.53. The van der Waals surface area contributed by atoms with Crippen LogP contribution in [0, 0.1) is 0 Å². The summed E-state index contributed by atoms with van der Waals surface area (Å²) in [5, 5.41) is 13.8. The van der Waals surface area contributed by atoms with Crippen molar-refractivity contribution in [3.8, 4) is 0 Å². The number of hydrogen-bond donors (Lipinski definition) is 2. The number of benzene rings is 1. The summed E-state index contributed by atoms with van der Waals surface area (Å²) < 4.78 is 2.23. The molecular weight excluding hydrogens is 212 g/mol. The first-order chi connectivity index (χ1) is 8.22. The van der Waals surface area contributed by atoms with Gasteiger partial charge in [-0.25, -0.2) is 0 Å². The van der Waals surface area contributed by atoms with Crippen LogP contribution in [0.3, 0.4) is 0 Å². The van der Waals surface area contributed by atoms with Crippen LogP contribution in [0.4, 0.5) is 0 Å². The van der Waals surface area contributed by atoms with E-state index >= 15 is 0 Å². The van der Waals surface area contributed by atoms with Crippen LogP contribution in [-0.4, -0.2) is 22.8 Å². The molecule has 1 atom stereocenters. The van der Waals surface area contributed by atoms with Gasteiger partial charge in [0.25, 0.3) is 0 Å². The average Bonchev–Trinajstić information content (AvgIpc) is 2.71. The Morgan fingerprint density at radius 1 is 1.35 bits per heavy atom. The minimum atomic E-state index is -0.246. The van der Waals surface area contributed by atoms with Crippen molar-refractivity contribution in [1.29, 1.82) is 0 Å². The van der Waals surface area contributed by atoms with E-state index in [2.05, 4.69) is 40.3 Å². The third kappa shape index (κ3) is 2.68. The van der Waals surface area contributed by atoms with Gasteiger partial charge in [-0.15, -0.1) is 0 Å². The number of nitrogens with zero attached hydrogens (tertiary/aromatic N) is 1. The molecule has 0 amide bonds. The Balaban J connectivity index is 2.35. The van der Waals surface area contributed by atoms with Gasteiger partial charge in [-0.3, -0.25) is 0 Å². The van der Waals surface area contributed by atoms with E-state index in [1.54, 1.807) is 0 Å². The number of fused-ring (bicyclic) bond motifs is 1. The third-order valence-corrected chi connectivity index (χ3v) is 3.03. The van der Waals surface area contributed by atoms with Crippen LogP contribution in [0.15, 0.2) is 30.5 Å². The molecule has 1 aromatic heterocycles. The van der Waals surface area contributed by atoms with Gasteiger partial charge in [0.15, 0.2) is 0 Å². The molecule has 2 rings (SSSR count). The highest BCUT2D eigenvalue weighted by Crippen LogP contribution is 2.20. The van der Waals surface area contributed by atoms with Crippen molar-refractivity contribution in [2.45, 2.75) is 32.5 Å². The zero-order chi connectivity index (χ0) is 12.3. The Hall–Kier alpha value is -1.32. The van der Waals surface area contributed by atoms with Gasteiger partial charge in [-0.1, -0.05) is 18.2 Å². The van der Waals surface area contributed by atoms with Crippen LogP contribution in [0.1, 0.15) is 18.9 Å². The molecule has 92 valence electrons. The van der Waals surface area contributed by atoms with Crippen molar-refractivity contribution in [1.82, 2.24) is 9.88 Å². The highest BCUT2D eigenvalue weighted by Gasteiger charge is 2.06. The first-order valence-corrected chi connectivity index (χ1v) is 6.11. The Morgan fingerprint density at radius 2 is 2.18 bits per heavy atom. The number of aryl methyl sites for hydroxylation is 1. The number of aliphatic hydroxyl groups excluding tert-OH is 1. The van der Waals surface area contributed by atoms with Crippen LogP contribution in [0.5, 0.6) is 0 Å². The molecule has 0 bridgehead atoms. The maximum atomic E-state index is 9.37. The van der Waals surface area contributed by atoms with Gasteiger partial charge < -0.3 is 15.0 Å². The standard InChI is InChI=1S/C14H20N2O/c1-11(17)6-8-16-9-7-12-4-3-5-13(10-15-2)14(12)16/h3-5,7,9,11,15,17H,6,8,10H2,1-2H3. The summed E-state index contributed by atoms with van der Waals surface area (Å²) in [7, 11) is 1.96. The van der Waals surface area contributed by atoms with Gasteiger partial charge in [0.2, 0.25) is 0 Å². The molecule has 3 nitrogen and oxygen atoms in total. The van der Waals surface area contributed by atoms with Crippen LogP contribution in [0.2, 0.25) is 0 Å². The van der Waals surface area contributed by atoms with Gasteiger partial charge >= 0.3 is 0 Å². The predicted octanol–water partition coefficient (Wildman–Crippen LogP) is 2.13. The molecule has 0 radical (unpaired) electrons. The van der Waals surface area contributed by atoms with Crippen molar-refractivity contribution in [3.63, 3.8) is 0 Å². The molecule has 0 saturated heterocycles. The van der Waals surface area contributed by atoms with Gasteiger partial charge in [0.1, 0.15) is 0 Å². The van der Waals surface area contributed by atoms with E-state index in [-0.39, 0.29) is 6.10 Å². The fourth-order valence-electron chi connectivity index (χ4n) is 2.19. The Bertz CT molecular complexity index is 488. The molecule has 2 N–H and O–H groups in total. The summed E-state index contributed by atoms with van der Waals surface area (Å²) in [6.07, 6.45) is 2.65. The van der Waals surface area contributed by atoms with Gasteiger partial charge in [-0.05, 0) is 37.4 Å². The lowest BCUT2D eigenvalue weighted by Crippen LogP contribution is -2.09. The fourth-order valence-corrected chi connectivity index (χ4v) is 2.19. The van der Waals surface area contributed by atoms with Crippen molar-refractivity contribution in [2.75, 3.05) is 7.05 Å². The third-order valence-electron chi connectivity index (χ3n) is 3.03. The Kier molecular flexibility index (Phi) is 3.82. The topological polar surface area (TPSA) is 37.2 Å². The first kappa shape index (κ1) is 12.1. The molecule has 0 aliphatic rings. The van der Waals surface area contributed by atoms with Crippen molar-refractivity contribution in [2.24, 2.45) is 0 Å². The SMILES string of the molecule is CNCc1cccc2ccn(CCC(C)O)c12. The van der Waals surface area contributed by atoms with Gasteiger partial charge in [-0.2, -0.15) is 0 Å². The summed E-state index contributed by atoms with van der Waals surface area (Å²) >= 11 is 0. The lowest BCUT2D eigenvalue weighted by atomic mass is 10.1. The molecule has 1 heterocycles. The maximum Gasteiger partial charge on any atom is 0.0529 e. The predicted molar refractivity (Wildman–Crippen MR) is 71.0 cm³/mol. The number of hydrogen-bond acceptors (Lipinski definition) is 2. The Morgan fingerprint density at radius 3 is 2.88 bits per heavy atom. The van der Waals surface area contributed by atoms with Crippen LogP contribution < -0.4 is 5.32 Å². The number of aromatic nitrogens is 1. The minimum Gasteiger partial charge on any atom is -0.393 e. The van der Waals surface area contributed by atoms with E-state index in [4.69, 9.17) is 0 Å². The first-order valence-electron chi connectivity index (χ1n) is 6.11. The molecule has 1 aromatic carbocycles. The van der Waals surface area contributed by atoms with E-state index in [0.29, 0.717) is 0 Å². The normalized spacial score (nSPS) is 13.1. The van der Waals surface area contributed by atoms with E-state index in [1.807, 2.05) is 14.0 Å². The number of rotatable bonds is 5. The highest BCUT2D eigenvalue weighted by molar-refractivity contribution is 5.83. The second-order valence-electron chi connectivity index (χ2n) is 4.53. The lowest BCUT2D eigenvalue weighted by Gasteiger charge is -2.10. The molecule has 0 fully saturated rings. The van der Waals surface area contributed by atoms with Gasteiger partial charge in [0.05, 0.1) is 11.6 Å². The zero-order valence-corrected chi connectivity index (χ0v) is 10.5. The molecule has 17 heavy (non-hydrogen) atoms. The molecule has 3 heteroatoms. The molecule has 2 aromatic rings. The maximum absolute atomic E-state index is 9.37. The molecule has 1 unspecified atom stereocenters. The smallest absolute Gasteiger partial charge is 0.0529 e. The highest BCUT2D eigenvalue weighted by atomic mass is 16.3. The average molecular weight is 232 g/mol. The number of para-hydroxylation sites is 1. The van der Waals surface area contributed by atoms with E-state index in [0.717, 1.165) is 19.5 Å². The van der Waals surface area contributed by atoms with Crippen LogP contribution in [-0.2, 0) is 13.1 Å². The van der Waals surface area contributed by atoms with Crippen molar-refractivity contribution in [3.05, 3.63) is 36.0 Å². The van der Waals surface area contributed by atoms with Gasteiger partial charge in [0, 0.05) is 19.3 Å². The summed E-state index contributed by atoms with van der Waals surface area (Å²) in [5.41, 5.74) is 2.59. The molecule has 0 aliphatic carbocycles. The van der Waals surface area contributed by atoms with E-state index in [1.165, 1.54) is 16.5 Å². The zero-order valence-electron chi connectivity index (χ0n) is 10.5. The number of aliphatic hydroxyl groups is 1. The summed E-state index contributed by atoms with van der Waals surface area (Å²) in [4.78, 5) is 0. The quantitative estimate of drug-likeness (QED) is 0.828. The summed E-state index contributed by atoms with van der Waals surface area (Å²) in [6, 6.07) is 8.51. The van der Waals surface area contributed by atoms with E-state index < -0.39 is 0 Å². The molecular formula is C14H20N2O. The number of nitrogens with one attached hydrogen (secondary N) is 1. The second kappa shape index (κ2) is 5.34. The summed E-state index contributed by atoms with van der Waals surface area (Å²) in [6.45, 7) is 3.57. The molecule has 0 saturated carbocycles. The van der Waals surface area contributed by atoms with E-state index in [9.17, 15) is 5.11 Å². The summed E-state index contributed by atoms with van der Waals surface area (Å²) in [5.74, 6) is 0. The lowest BCUT2D eigenvalue weighted by molar-refractivity contribution is 0.178. The Labute approximate surface area is 102 Å². The van der Waals surface area contributed by atoms with Crippen molar-refractivity contribution < 1.29 is 5.11 Å². The largest absolute Gasteiger partial charge is 0.393 e. The fraction of sp³-hybridized carbons (Fsp3) is 0.429. The minimum absolute atomic E-state index is 0.246. The molecule has 0 spiro atoms.